The lowest BCUT2D eigenvalue weighted by molar-refractivity contribution is -0.146. The SMILES string of the molecule is CN(C)Cc1ccc(C(=O)NCC[C@H](O)C(=O)O)cc1. The highest BCUT2D eigenvalue weighted by Crippen LogP contribution is 2.06. The number of aliphatic hydroxyl groups excluding tert-OH is 1. The van der Waals surface area contributed by atoms with Gasteiger partial charge in [-0.05, 0) is 31.8 Å². The lowest BCUT2D eigenvalue weighted by atomic mass is 10.1. The van der Waals surface area contributed by atoms with E-state index in [2.05, 4.69) is 5.32 Å². The molecule has 0 bridgehead atoms. The van der Waals surface area contributed by atoms with Crippen molar-refractivity contribution in [3.63, 3.8) is 0 Å². The lowest BCUT2D eigenvalue weighted by Crippen LogP contribution is -2.30. The standard InChI is InChI=1S/C14H20N2O4/c1-16(2)9-10-3-5-11(6-4-10)13(18)15-8-7-12(17)14(19)20/h3-6,12,17H,7-9H2,1-2H3,(H,15,18)(H,19,20)/t12-/m0/s1. The molecule has 1 atom stereocenters. The van der Waals surface area contributed by atoms with E-state index in [9.17, 15) is 9.59 Å². The molecule has 0 heterocycles. The highest BCUT2D eigenvalue weighted by Gasteiger charge is 2.13. The van der Waals surface area contributed by atoms with Crippen LogP contribution in [0.3, 0.4) is 0 Å². The maximum absolute atomic E-state index is 11.8. The number of carboxylic acid groups (broad SMARTS) is 1. The van der Waals surface area contributed by atoms with Crippen LogP contribution in [0.5, 0.6) is 0 Å². The summed E-state index contributed by atoms with van der Waals surface area (Å²) in [7, 11) is 3.93. The lowest BCUT2D eigenvalue weighted by Gasteiger charge is -2.10. The van der Waals surface area contributed by atoms with Crippen molar-refractivity contribution in [2.45, 2.75) is 19.1 Å². The summed E-state index contributed by atoms with van der Waals surface area (Å²) in [5.41, 5.74) is 1.62. The van der Waals surface area contributed by atoms with Crippen molar-refractivity contribution in [1.29, 1.82) is 0 Å². The van der Waals surface area contributed by atoms with E-state index in [0.29, 0.717) is 5.56 Å². The molecule has 1 aromatic rings. The number of benzene rings is 1. The number of carbonyl (C=O) groups excluding carboxylic acids is 1. The molecule has 3 N–H and O–H groups in total. The van der Waals surface area contributed by atoms with E-state index in [-0.39, 0.29) is 18.9 Å². The minimum atomic E-state index is -1.45. The van der Waals surface area contributed by atoms with Crippen molar-refractivity contribution in [1.82, 2.24) is 10.2 Å². The molecule has 0 aliphatic carbocycles. The Morgan fingerprint density at radius 1 is 1.25 bits per heavy atom. The highest BCUT2D eigenvalue weighted by atomic mass is 16.4. The summed E-state index contributed by atoms with van der Waals surface area (Å²) < 4.78 is 0. The number of carboxylic acids is 1. The molecular weight excluding hydrogens is 260 g/mol. The number of hydrogen-bond acceptors (Lipinski definition) is 4. The van der Waals surface area contributed by atoms with Crippen molar-refractivity contribution in [2.24, 2.45) is 0 Å². The van der Waals surface area contributed by atoms with Gasteiger partial charge in [-0.15, -0.1) is 0 Å². The Morgan fingerprint density at radius 2 is 1.85 bits per heavy atom. The van der Waals surface area contributed by atoms with E-state index in [0.717, 1.165) is 12.1 Å². The molecule has 0 aliphatic heterocycles. The van der Waals surface area contributed by atoms with Gasteiger partial charge >= 0.3 is 5.97 Å². The fourth-order valence-corrected chi connectivity index (χ4v) is 1.67. The largest absolute Gasteiger partial charge is 0.479 e. The molecule has 0 fully saturated rings. The number of aliphatic carboxylic acids is 1. The highest BCUT2D eigenvalue weighted by molar-refractivity contribution is 5.94. The summed E-state index contributed by atoms with van der Waals surface area (Å²) in [6, 6.07) is 7.20. The summed E-state index contributed by atoms with van der Waals surface area (Å²) >= 11 is 0. The smallest absolute Gasteiger partial charge is 0.332 e. The first-order valence-corrected chi connectivity index (χ1v) is 6.33. The van der Waals surface area contributed by atoms with Crippen LogP contribution in [-0.2, 0) is 11.3 Å². The first-order chi connectivity index (χ1) is 9.40. The van der Waals surface area contributed by atoms with Crippen LogP contribution in [0.4, 0.5) is 0 Å². The molecule has 1 rings (SSSR count). The predicted octanol–water partition coefficient (Wildman–Crippen LogP) is 0.314. The Labute approximate surface area is 118 Å². The van der Waals surface area contributed by atoms with Crippen LogP contribution in [0.25, 0.3) is 0 Å². The van der Waals surface area contributed by atoms with Crippen molar-refractivity contribution in [2.75, 3.05) is 20.6 Å². The van der Waals surface area contributed by atoms with E-state index in [1.165, 1.54) is 0 Å². The molecule has 6 nitrogen and oxygen atoms in total. The van der Waals surface area contributed by atoms with Gasteiger partial charge in [-0.2, -0.15) is 0 Å². The van der Waals surface area contributed by atoms with E-state index in [4.69, 9.17) is 10.2 Å². The van der Waals surface area contributed by atoms with E-state index < -0.39 is 12.1 Å². The number of aliphatic hydroxyl groups is 1. The minimum absolute atomic E-state index is 0.0141. The summed E-state index contributed by atoms with van der Waals surface area (Å²) in [6.45, 7) is 0.915. The van der Waals surface area contributed by atoms with Crippen molar-refractivity contribution < 1.29 is 19.8 Å². The van der Waals surface area contributed by atoms with Gasteiger partial charge in [0, 0.05) is 25.1 Å². The van der Waals surface area contributed by atoms with Crippen molar-refractivity contribution >= 4 is 11.9 Å². The predicted molar refractivity (Wildman–Crippen MR) is 74.4 cm³/mol. The normalized spacial score (nSPS) is 12.2. The quantitative estimate of drug-likeness (QED) is 0.669. The van der Waals surface area contributed by atoms with Gasteiger partial charge in [-0.25, -0.2) is 4.79 Å². The van der Waals surface area contributed by atoms with Crippen LogP contribution in [0.15, 0.2) is 24.3 Å². The third-order valence-corrected chi connectivity index (χ3v) is 2.70. The first-order valence-electron chi connectivity index (χ1n) is 6.33. The first kappa shape index (κ1) is 16.1. The molecule has 0 saturated heterocycles. The van der Waals surface area contributed by atoms with Gasteiger partial charge < -0.3 is 20.4 Å². The van der Waals surface area contributed by atoms with Gasteiger partial charge in [0.2, 0.25) is 0 Å². The van der Waals surface area contributed by atoms with Gasteiger partial charge in [0.15, 0.2) is 6.10 Å². The van der Waals surface area contributed by atoms with Crippen molar-refractivity contribution in [3.05, 3.63) is 35.4 Å². The Morgan fingerprint density at radius 3 is 2.35 bits per heavy atom. The Bertz CT molecular complexity index is 457. The molecule has 0 aromatic heterocycles. The van der Waals surface area contributed by atoms with Gasteiger partial charge in [0.1, 0.15) is 0 Å². The second kappa shape index (κ2) is 7.62. The number of nitrogens with zero attached hydrogens (tertiary/aromatic N) is 1. The Kier molecular flexibility index (Phi) is 6.14. The molecule has 0 unspecified atom stereocenters. The maximum Gasteiger partial charge on any atom is 0.332 e. The molecule has 1 aromatic carbocycles. The summed E-state index contributed by atoms with van der Waals surface area (Å²) in [4.78, 5) is 24.2. The van der Waals surface area contributed by atoms with Gasteiger partial charge in [0.25, 0.3) is 5.91 Å². The molecule has 0 saturated carbocycles. The third-order valence-electron chi connectivity index (χ3n) is 2.70. The minimum Gasteiger partial charge on any atom is -0.479 e. The van der Waals surface area contributed by atoms with Crippen LogP contribution in [-0.4, -0.2) is 53.7 Å². The fraction of sp³-hybridized carbons (Fsp3) is 0.429. The van der Waals surface area contributed by atoms with Crippen LogP contribution in [0, 0.1) is 0 Å². The number of nitrogens with one attached hydrogen (secondary N) is 1. The second-order valence-corrected chi connectivity index (χ2v) is 4.83. The number of carbonyl (C=O) groups is 2. The topological polar surface area (TPSA) is 89.9 Å². The zero-order valence-electron chi connectivity index (χ0n) is 11.7. The molecule has 110 valence electrons. The fourth-order valence-electron chi connectivity index (χ4n) is 1.67. The molecule has 20 heavy (non-hydrogen) atoms. The molecular formula is C14H20N2O4. The van der Waals surface area contributed by atoms with Crippen LogP contribution >= 0.6 is 0 Å². The van der Waals surface area contributed by atoms with Crippen molar-refractivity contribution in [3.8, 4) is 0 Å². The number of amides is 1. The van der Waals surface area contributed by atoms with Crippen LogP contribution in [0.1, 0.15) is 22.3 Å². The maximum atomic E-state index is 11.8. The Hall–Kier alpha value is -1.92. The second-order valence-electron chi connectivity index (χ2n) is 4.83. The number of hydrogen-bond donors (Lipinski definition) is 3. The van der Waals surface area contributed by atoms with Gasteiger partial charge in [0.05, 0.1) is 0 Å². The average molecular weight is 280 g/mol. The molecule has 0 spiro atoms. The monoisotopic (exact) mass is 280 g/mol. The summed E-state index contributed by atoms with van der Waals surface area (Å²) in [6.07, 6.45) is -1.46. The molecule has 6 heteroatoms. The van der Waals surface area contributed by atoms with Gasteiger partial charge in [-0.1, -0.05) is 12.1 Å². The molecule has 0 radical (unpaired) electrons. The summed E-state index contributed by atoms with van der Waals surface area (Å²) in [5, 5.41) is 20.1. The van der Waals surface area contributed by atoms with Crippen LogP contribution in [0.2, 0.25) is 0 Å². The van der Waals surface area contributed by atoms with E-state index >= 15 is 0 Å². The van der Waals surface area contributed by atoms with E-state index in [1.807, 2.05) is 31.1 Å². The molecule has 1 amide bonds. The van der Waals surface area contributed by atoms with E-state index in [1.54, 1.807) is 12.1 Å². The average Bonchev–Trinajstić information content (AvgIpc) is 2.38. The third kappa shape index (κ3) is 5.38. The zero-order valence-corrected chi connectivity index (χ0v) is 11.7. The number of rotatable bonds is 7. The van der Waals surface area contributed by atoms with Crippen LogP contribution < -0.4 is 5.32 Å². The van der Waals surface area contributed by atoms with Gasteiger partial charge in [-0.3, -0.25) is 4.79 Å². The Balaban J connectivity index is 2.45. The zero-order chi connectivity index (χ0) is 15.1. The molecule has 0 aliphatic rings. The summed E-state index contributed by atoms with van der Waals surface area (Å²) in [5.74, 6) is -1.56.